The molecule has 2 fully saturated rings. The first kappa shape index (κ1) is 18.1. The largest absolute Gasteiger partial charge is 0.454 e. The first-order chi connectivity index (χ1) is 13.1. The van der Waals surface area contributed by atoms with Gasteiger partial charge in [-0.05, 0) is 36.6 Å². The van der Waals surface area contributed by atoms with E-state index in [1.165, 1.54) is 6.08 Å². The van der Waals surface area contributed by atoms with Crippen molar-refractivity contribution in [2.24, 2.45) is 0 Å². The molecule has 0 aromatic heterocycles. The molecule has 1 atom stereocenters. The quantitative estimate of drug-likeness (QED) is 0.735. The van der Waals surface area contributed by atoms with Crippen LogP contribution in [0.1, 0.15) is 18.4 Å². The molecule has 0 radical (unpaired) electrons. The van der Waals surface area contributed by atoms with Crippen molar-refractivity contribution in [2.45, 2.75) is 18.9 Å². The van der Waals surface area contributed by atoms with Gasteiger partial charge in [0.1, 0.15) is 6.10 Å². The number of hydrogen-bond donors (Lipinski definition) is 0. The molecule has 0 aliphatic carbocycles. The molecule has 2 saturated heterocycles. The summed E-state index contributed by atoms with van der Waals surface area (Å²) in [5, 5.41) is 0.457. The number of carbonyl (C=O) groups excluding carboxylic acids is 2. The molecule has 0 bridgehead atoms. The molecule has 144 valence electrons. The molecule has 3 heterocycles. The van der Waals surface area contributed by atoms with E-state index >= 15 is 0 Å². The second-order valence-electron chi connectivity index (χ2n) is 6.72. The fourth-order valence-electron chi connectivity index (χ4n) is 3.48. The molecule has 4 rings (SSSR count). The molecule has 7 nitrogen and oxygen atoms in total. The van der Waals surface area contributed by atoms with E-state index in [2.05, 4.69) is 0 Å². The third kappa shape index (κ3) is 3.89. The van der Waals surface area contributed by atoms with Crippen molar-refractivity contribution in [3.8, 4) is 11.5 Å². The number of hydrogen-bond acceptors (Lipinski definition) is 5. The van der Waals surface area contributed by atoms with E-state index in [-0.39, 0.29) is 24.7 Å². The van der Waals surface area contributed by atoms with Crippen LogP contribution in [-0.2, 0) is 14.3 Å². The standard InChI is InChI=1S/C19H21ClN2O5/c20-14-10-13(11-16-18(14)27-12-26-16)3-4-17(23)21-5-7-22(8-6-21)19(24)15-2-1-9-25-15/h3-4,10-11,15H,1-2,5-9,12H2/b4-3+/t15-/m0/s1. The maximum absolute atomic E-state index is 12.4. The fourth-order valence-corrected chi connectivity index (χ4v) is 3.75. The molecule has 3 aliphatic rings. The number of amides is 2. The average molecular weight is 393 g/mol. The van der Waals surface area contributed by atoms with E-state index in [1.54, 1.807) is 28.0 Å². The maximum atomic E-state index is 12.4. The smallest absolute Gasteiger partial charge is 0.251 e. The van der Waals surface area contributed by atoms with Gasteiger partial charge in [-0.2, -0.15) is 0 Å². The van der Waals surface area contributed by atoms with Crippen LogP contribution in [0.3, 0.4) is 0 Å². The van der Waals surface area contributed by atoms with Crippen LogP contribution in [0.4, 0.5) is 0 Å². The zero-order chi connectivity index (χ0) is 18.8. The predicted molar refractivity (Wildman–Crippen MR) is 98.7 cm³/mol. The Hall–Kier alpha value is -2.25. The number of ether oxygens (including phenoxy) is 3. The van der Waals surface area contributed by atoms with Crippen molar-refractivity contribution in [1.29, 1.82) is 0 Å². The summed E-state index contributed by atoms with van der Waals surface area (Å²) in [4.78, 5) is 28.3. The van der Waals surface area contributed by atoms with Gasteiger partial charge in [0.25, 0.3) is 5.91 Å². The zero-order valence-corrected chi connectivity index (χ0v) is 15.6. The van der Waals surface area contributed by atoms with Gasteiger partial charge < -0.3 is 24.0 Å². The highest BCUT2D eigenvalue weighted by atomic mass is 35.5. The number of halogens is 1. The van der Waals surface area contributed by atoms with Gasteiger partial charge in [0.2, 0.25) is 12.7 Å². The molecule has 1 aromatic carbocycles. The highest BCUT2D eigenvalue weighted by Gasteiger charge is 2.31. The van der Waals surface area contributed by atoms with Crippen molar-refractivity contribution in [1.82, 2.24) is 9.80 Å². The van der Waals surface area contributed by atoms with Crippen LogP contribution in [0.5, 0.6) is 11.5 Å². The first-order valence-corrected chi connectivity index (χ1v) is 9.46. The number of nitrogens with zero attached hydrogens (tertiary/aromatic N) is 2. The van der Waals surface area contributed by atoms with Crippen LogP contribution >= 0.6 is 11.6 Å². The van der Waals surface area contributed by atoms with Crippen LogP contribution in [-0.4, -0.2) is 67.3 Å². The Balaban J connectivity index is 1.32. The minimum absolute atomic E-state index is 0.0464. The summed E-state index contributed by atoms with van der Waals surface area (Å²) < 4.78 is 16.1. The third-order valence-electron chi connectivity index (χ3n) is 4.98. The summed E-state index contributed by atoms with van der Waals surface area (Å²) in [6, 6.07) is 3.52. The minimum atomic E-state index is -0.303. The second kappa shape index (κ2) is 7.78. The van der Waals surface area contributed by atoms with Crippen LogP contribution < -0.4 is 9.47 Å². The summed E-state index contributed by atoms with van der Waals surface area (Å²) in [6.07, 6.45) is 4.65. The van der Waals surface area contributed by atoms with E-state index in [0.29, 0.717) is 49.3 Å². The molecule has 27 heavy (non-hydrogen) atoms. The average Bonchev–Trinajstić information content (AvgIpc) is 3.37. The lowest BCUT2D eigenvalue weighted by molar-refractivity contribution is -0.144. The van der Waals surface area contributed by atoms with Crippen LogP contribution in [0, 0.1) is 0 Å². The van der Waals surface area contributed by atoms with Crippen molar-refractivity contribution in [3.05, 3.63) is 28.8 Å². The second-order valence-corrected chi connectivity index (χ2v) is 7.13. The predicted octanol–water partition coefficient (Wildman–Crippen LogP) is 1.93. The summed E-state index contributed by atoms with van der Waals surface area (Å²) in [7, 11) is 0. The first-order valence-electron chi connectivity index (χ1n) is 9.08. The van der Waals surface area contributed by atoms with Gasteiger partial charge in [-0.15, -0.1) is 0 Å². The number of benzene rings is 1. The Morgan fingerprint density at radius 1 is 1.11 bits per heavy atom. The van der Waals surface area contributed by atoms with E-state index in [0.717, 1.165) is 18.4 Å². The van der Waals surface area contributed by atoms with Crippen molar-refractivity contribution >= 4 is 29.5 Å². The van der Waals surface area contributed by atoms with Gasteiger partial charge in [0, 0.05) is 38.9 Å². The normalized spacial score (nSPS) is 21.9. The molecule has 3 aliphatic heterocycles. The molecule has 0 unspecified atom stereocenters. The van der Waals surface area contributed by atoms with Gasteiger partial charge in [0.15, 0.2) is 11.5 Å². The number of rotatable bonds is 3. The van der Waals surface area contributed by atoms with Gasteiger partial charge >= 0.3 is 0 Å². The Morgan fingerprint density at radius 3 is 2.63 bits per heavy atom. The molecular formula is C19H21ClN2O5. The molecule has 2 amide bonds. The zero-order valence-electron chi connectivity index (χ0n) is 14.9. The van der Waals surface area contributed by atoms with Gasteiger partial charge in [-0.25, -0.2) is 0 Å². The van der Waals surface area contributed by atoms with E-state index in [4.69, 9.17) is 25.8 Å². The van der Waals surface area contributed by atoms with Gasteiger partial charge in [-0.3, -0.25) is 9.59 Å². The lowest BCUT2D eigenvalue weighted by Gasteiger charge is -2.35. The van der Waals surface area contributed by atoms with E-state index in [9.17, 15) is 9.59 Å². The maximum Gasteiger partial charge on any atom is 0.251 e. The Labute approximate surface area is 162 Å². The lowest BCUT2D eigenvalue weighted by atomic mass is 10.1. The van der Waals surface area contributed by atoms with Crippen LogP contribution in [0.25, 0.3) is 6.08 Å². The van der Waals surface area contributed by atoms with Gasteiger partial charge in [-0.1, -0.05) is 11.6 Å². The summed E-state index contributed by atoms with van der Waals surface area (Å²) in [5.74, 6) is 1.07. The highest BCUT2D eigenvalue weighted by Crippen LogP contribution is 2.40. The van der Waals surface area contributed by atoms with E-state index in [1.807, 2.05) is 0 Å². The molecule has 1 aromatic rings. The molecule has 0 spiro atoms. The third-order valence-corrected chi connectivity index (χ3v) is 5.26. The Morgan fingerprint density at radius 2 is 1.89 bits per heavy atom. The molecular weight excluding hydrogens is 372 g/mol. The molecule has 8 heteroatoms. The molecule has 0 N–H and O–H groups in total. The van der Waals surface area contributed by atoms with E-state index < -0.39 is 0 Å². The number of piperazine rings is 1. The Kier molecular flexibility index (Phi) is 5.22. The van der Waals surface area contributed by atoms with Crippen molar-refractivity contribution < 1.29 is 23.8 Å². The van der Waals surface area contributed by atoms with Crippen molar-refractivity contribution in [3.63, 3.8) is 0 Å². The Bertz CT molecular complexity index is 768. The fraction of sp³-hybridized carbons (Fsp3) is 0.474. The SMILES string of the molecule is O=C(/C=C/c1cc(Cl)c2c(c1)OCO2)N1CCN(C(=O)[C@@H]2CCCO2)CC1. The highest BCUT2D eigenvalue weighted by molar-refractivity contribution is 6.32. The minimum Gasteiger partial charge on any atom is -0.454 e. The lowest BCUT2D eigenvalue weighted by Crippen LogP contribution is -2.52. The number of fused-ring (bicyclic) bond motifs is 1. The summed E-state index contributed by atoms with van der Waals surface area (Å²) in [6.45, 7) is 2.91. The molecule has 0 saturated carbocycles. The topological polar surface area (TPSA) is 68.3 Å². The van der Waals surface area contributed by atoms with Crippen molar-refractivity contribution in [2.75, 3.05) is 39.6 Å². The number of carbonyl (C=O) groups is 2. The van der Waals surface area contributed by atoms with Gasteiger partial charge in [0.05, 0.1) is 5.02 Å². The monoisotopic (exact) mass is 392 g/mol. The summed E-state index contributed by atoms with van der Waals surface area (Å²) in [5.41, 5.74) is 0.768. The van der Waals surface area contributed by atoms with Crippen LogP contribution in [0.2, 0.25) is 5.02 Å². The summed E-state index contributed by atoms with van der Waals surface area (Å²) >= 11 is 6.16. The van der Waals surface area contributed by atoms with Crippen LogP contribution in [0.15, 0.2) is 18.2 Å².